The summed E-state index contributed by atoms with van der Waals surface area (Å²) in [6, 6.07) is 16.4. The molecule has 0 unspecified atom stereocenters. The zero-order chi connectivity index (χ0) is 15.2. The number of phenols is 1. The van der Waals surface area contributed by atoms with E-state index < -0.39 is 0 Å². The fraction of sp³-hybridized carbons (Fsp3) is 0.211. The van der Waals surface area contributed by atoms with Gasteiger partial charge >= 0.3 is 0 Å². The Morgan fingerprint density at radius 1 is 1.00 bits per heavy atom. The Morgan fingerprint density at radius 3 is 2.30 bits per heavy atom. The number of aliphatic hydroxyl groups excluding tert-OH is 1. The van der Waals surface area contributed by atoms with E-state index in [0.29, 0.717) is 12.1 Å². The Kier molecular flexibility index (Phi) is 8.37. The van der Waals surface area contributed by atoms with E-state index in [0.717, 1.165) is 23.6 Å². The molecule has 0 bridgehead atoms. The fourth-order valence-electron chi connectivity index (χ4n) is 2.15. The van der Waals surface area contributed by atoms with Gasteiger partial charge in [0.2, 0.25) is 0 Å². The quantitative estimate of drug-likeness (QED) is 0.635. The minimum atomic E-state index is 0. The van der Waals surface area contributed by atoms with E-state index >= 15 is 0 Å². The second kappa shape index (κ2) is 9.43. The predicted octanol–water partition coefficient (Wildman–Crippen LogP) is 4.18. The minimum absolute atomic E-state index is 0. The summed E-state index contributed by atoms with van der Waals surface area (Å²) in [5.74, 6) is 0.246. The summed E-state index contributed by atoms with van der Waals surface area (Å²) in [5, 5.41) is 17.3. The lowest BCUT2D eigenvalue weighted by Crippen LogP contribution is -2.03. The van der Waals surface area contributed by atoms with Crippen molar-refractivity contribution in [2.75, 3.05) is 7.11 Å². The largest absolute Gasteiger partial charge is 0.508 e. The monoisotopic (exact) mass is 315 g/mol. The first-order chi connectivity index (χ1) is 10.2. The Hall–Kier alpha value is -2.59. The molecule has 0 aliphatic heterocycles. The van der Waals surface area contributed by atoms with E-state index in [4.69, 9.17) is 5.11 Å². The van der Waals surface area contributed by atoms with Gasteiger partial charge in [-0.25, -0.2) is 0 Å². The Bertz CT molecular complexity index is 733. The maximum atomic E-state index is 12.2. The van der Waals surface area contributed by atoms with Crippen molar-refractivity contribution in [1.29, 1.82) is 0 Å². The molecule has 3 aromatic rings. The molecule has 3 rings (SSSR count). The van der Waals surface area contributed by atoms with Crippen LogP contribution in [0.5, 0.6) is 5.75 Å². The molecule has 2 aromatic carbocycles. The van der Waals surface area contributed by atoms with E-state index in [-0.39, 0.29) is 26.4 Å². The van der Waals surface area contributed by atoms with Crippen molar-refractivity contribution in [3.63, 3.8) is 0 Å². The van der Waals surface area contributed by atoms with Gasteiger partial charge in [0.05, 0.1) is 5.69 Å². The number of Topliss-reactive ketones (excluding diaryl/α,β-unsaturated/α-hetero) is 1. The standard InChI is InChI=1S/C16H13NO2.CH4O.2CH4/c18-13-6-7-14-12(9-13)10-15(17-14)16(19)8-11-4-2-1-3-5-11;1-2;;/h1-7,9-10,17-18H,8H2;2H,1H3;2*1H4. The first-order valence-corrected chi connectivity index (χ1v) is 6.56. The zero-order valence-electron chi connectivity index (χ0n) is 11.7. The lowest BCUT2D eigenvalue weighted by atomic mass is 10.1. The van der Waals surface area contributed by atoms with Crippen LogP contribution in [0, 0.1) is 0 Å². The number of carbonyl (C=O) groups excluding carboxylic acids is 1. The minimum Gasteiger partial charge on any atom is -0.508 e. The second-order valence-electron chi connectivity index (χ2n) is 4.54. The molecule has 0 spiro atoms. The average molecular weight is 315 g/mol. The number of aromatic amines is 1. The van der Waals surface area contributed by atoms with Crippen LogP contribution in [0.2, 0.25) is 0 Å². The predicted molar refractivity (Wildman–Crippen MR) is 96.0 cm³/mol. The van der Waals surface area contributed by atoms with Crippen LogP contribution in [0.3, 0.4) is 0 Å². The lowest BCUT2D eigenvalue weighted by Gasteiger charge is -1.98. The SMILES string of the molecule is C.C.CO.O=C(Cc1ccccc1)c1cc2cc(O)ccc2[nH]1. The van der Waals surface area contributed by atoms with E-state index in [1.165, 1.54) is 0 Å². The molecule has 0 saturated heterocycles. The van der Waals surface area contributed by atoms with Gasteiger partial charge in [-0.3, -0.25) is 4.79 Å². The molecule has 0 aliphatic rings. The molecule has 4 heteroatoms. The van der Waals surface area contributed by atoms with Gasteiger partial charge in [0, 0.05) is 24.4 Å². The molecule has 0 radical (unpaired) electrons. The molecule has 124 valence electrons. The van der Waals surface area contributed by atoms with Crippen LogP contribution >= 0.6 is 0 Å². The van der Waals surface area contributed by atoms with Gasteiger partial charge in [-0.15, -0.1) is 0 Å². The third-order valence-electron chi connectivity index (χ3n) is 3.11. The van der Waals surface area contributed by atoms with Gasteiger partial charge in [0.25, 0.3) is 0 Å². The summed E-state index contributed by atoms with van der Waals surface area (Å²) in [6.45, 7) is 0. The molecular weight excluding hydrogens is 290 g/mol. The zero-order valence-corrected chi connectivity index (χ0v) is 11.7. The number of ketones is 1. The first-order valence-electron chi connectivity index (χ1n) is 6.56. The average Bonchev–Trinajstić information content (AvgIpc) is 2.93. The van der Waals surface area contributed by atoms with E-state index in [1.807, 2.05) is 30.3 Å². The highest BCUT2D eigenvalue weighted by Crippen LogP contribution is 2.21. The van der Waals surface area contributed by atoms with Gasteiger partial charge in [0.15, 0.2) is 5.78 Å². The van der Waals surface area contributed by atoms with Crippen LogP contribution in [0.1, 0.15) is 30.9 Å². The van der Waals surface area contributed by atoms with Crippen molar-refractivity contribution >= 4 is 16.7 Å². The number of rotatable bonds is 3. The number of aromatic nitrogens is 1. The van der Waals surface area contributed by atoms with Crippen LogP contribution < -0.4 is 0 Å². The Labute approximate surface area is 137 Å². The van der Waals surface area contributed by atoms with Crippen molar-refractivity contribution in [2.45, 2.75) is 21.3 Å². The number of carbonyl (C=O) groups is 1. The summed E-state index contributed by atoms with van der Waals surface area (Å²) in [5.41, 5.74) is 2.42. The maximum Gasteiger partial charge on any atom is 0.183 e. The van der Waals surface area contributed by atoms with E-state index in [1.54, 1.807) is 24.3 Å². The highest BCUT2D eigenvalue weighted by atomic mass is 16.3. The fourth-order valence-corrected chi connectivity index (χ4v) is 2.15. The maximum absolute atomic E-state index is 12.2. The van der Waals surface area contributed by atoms with Gasteiger partial charge in [-0.2, -0.15) is 0 Å². The summed E-state index contributed by atoms with van der Waals surface area (Å²) in [6.07, 6.45) is 0.375. The summed E-state index contributed by atoms with van der Waals surface area (Å²) in [4.78, 5) is 15.3. The summed E-state index contributed by atoms with van der Waals surface area (Å²) < 4.78 is 0. The molecule has 0 amide bonds. The van der Waals surface area contributed by atoms with Gasteiger partial charge in [-0.05, 0) is 29.8 Å². The van der Waals surface area contributed by atoms with Crippen molar-refractivity contribution < 1.29 is 15.0 Å². The Balaban J connectivity index is 0.00000117. The van der Waals surface area contributed by atoms with Crippen LogP contribution in [-0.4, -0.2) is 28.1 Å². The van der Waals surface area contributed by atoms with Crippen molar-refractivity contribution in [1.82, 2.24) is 4.98 Å². The number of benzene rings is 2. The smallest absolute Gasteiger partial charge is 0.183 e. The Morgan fingerprint density at radius 2 is 1.65 bits per heavy atom. The van der Waals surface area contributed by atoms with Crippen molar-refractivity contribution in [3.8, 4) is 5.75 Å². The molecule has 4 nitrogen and oxygen atoms in total. The van der Waals surface area contributed by atoms with Crippen LogP contribution in [0.25, 0.3) is 10.9 Å². The summed E-state index contributed by atoms with van der Waals surface area (Å²) in [7, 11) is 1.00. The molecule has 0 saturated carbocycles. The number of nitrogens with one attached hydrogen (secondary N) is 1. The number of phenolic OH excluding ortho intramolecular Hbond substituents is 1. The van der Waals surface area contributed by atoms with E-state index in [9.17, 15) is 9.90 Å². The van der Waals surface area contributed by atoms with Crippen molar-refractivity contribution in [3.05, 3.63) is 65.9 Å². The second-order valence-corrected chi connectivity index (χ2v) is 4.54. The number of aliphatic hydroxyl groups is 1. The number of hydrogen-bond donors (Lipinski definition) is 3. The number of aromatic hydroxyl groups is 1. The van der Waals surface area contributed by atoms with Gasteiger partial charge in [0.1, 0.15) is 5.75 Å². The third-order valence-corrected chi connectivity index (χ3v) is 3.11. The third kappa shape index (κ3) is 4.97. The van der Waals surface area contributed by atoms with E-state index in [2.05, 4.69) is 4.98 Å². The van der Waals surface area contributed by atoms with Gasteiger partial charge in [-0.1, -0.05) is 45.2 Å². The first kappa shape index (κ1) is 20.4. The number of hydrogen-bond acceptors (Lipinski definition) is 3. The molecule has 0 fully saturated rings. The van der Waals surface area contributed by atoms with Crippen LogP contribution in [0.15, 0.2) is 54.6 Å². The van der Waals surface area contributed by atoms with Crippen LogP contribution in [-0.2, 0) is 6.42 Å². The summed E-state index contributed by atoms with van der Waals surface area (Å²) >= 11 is 0. The topological polar surface area (TPSA) is 73.3 Å². The molecule has 0 aliphatic carbocycles. The highest BCUT2D eigenvalue weighted by molar-refractivity contribution is 6.00. The van der Waals surface area contributed by atoms with Gasteiger partial charge < -0.3 is 15.2 Å². The number of H-pyrrole nitrogens is 1. The molecule has 0 atom stereocenters. The molecule has 23 heavy (non-hydrogen) atoms. The lowest BCUT2D eigenvalue weighted by molar-refractivity contribution is 0.0989. The molecule has 1 aromatic heterocycles. The number of fused-ring (bicyclic) bond motifs is 1. The molecular formula is C19H25NO3. The van der Waals surface area contributed by atoms with Crippen LogP contribution in [0.4, 0.5) is 0 Å². The molecule has 1 heterocycles. The molecule has 3 N–H and O–H groups in total. The van der Waals surface area contributed by atoms with Crippen molar-refractivity contribution in [2.24, 2.45) is 0 Å². The normalized spacial score (nSPS) is 9.13. The highest BCUT2D eigenvalue weighted by Gasteiger charge is 2.10.